The van der Waals surface area contributed by atoms with Gasteiger partial charge in [-0.1, -0.05) is 0 Å². The summed E-state index contributed by atoms with van der Waals surface area (Å²) in [6.45, 7) is 2.40. The van der Waals surface area contributed by atoms with Crippen molar-refractivity contribution in [2.75, 3.05) is 6.54 Å². The molecule has 104 valence electrons. The molecule has 0 aromatic carbocycles. The van der Waals surface area contributed by atoms with Crippen molar-refractivity contribution in [3.05, 3.63) is 28.1 Å². The van der Waals surface area contributed by atoms with Gasteiger partial charge >= 0.3 is 0 Å². The molecule has 1 aliphatic rings. The van der Waals surface area contributed by atoms with E-state index >= 15 is 0 Å². The number of likely N-dealkylation sites (tertiary alicyclic amines) is 1. The van der Waals surface area contributed by atoms with Gasteiger partial charge < -0.3 is 15.6 Å². The number of nitrogens with two attached hydrogens (primary N) is 1. The Morgan fingerprint density at radius 2 is 2.37 bits per heavy atom. The van der Waals surface area contributed by atoms with Crippen LogP contribution in [0.5, 0.6) is 0 Å². The molecule has 2 heterocycles. The minimum absolute atomic E-state index is 0.0126. The summed E-state index contributed by atoms with van der Waals surface area (Å²) in [7, 11) is 0. The fraction of sp³-hybridized carbons (Fsp3) is 0.583. The number of aromatic amines is 1. The van der Waals surface area contributed by atoms with E-state index in [0.29, 0.717) is 6.54 Å². The van der Waals surface area contributed by atoms with Crippen molar-refractivity contribution in [1.82, 2.24) is 9.88 Å². The van der Waals surface area contributed by atoms with Crippen molar-refractivity contribution in [1.29, 1.82) is 0 Å². The molecule has 1 aromatic heterocycles. The van der Waals surface area contributed by atoms with E-state index in [2.05, 4.69) is 4.98 Å². The Labute approximate surface area is 110 Å². The van der Waals surface area contributed by atoms with Gasteiger partial charge in [0.15, 0.2) is 0 Å². The lowest BCUT2D eigenvalue weighted by molar-refractivity contribution is -0.384. The van der Waals surface area contributed by atoms with Gasteiger partial charge in [0.05, 0.1) is 11.1 Å². The molecule has 1 aromatic rings. The molecule has 1 fully saturated rings. The molecule has 7 heteroatoms. The van der Waals surface area contributed by atoms with Crippen molar-refractivity contribution in [3.63, 3.8) is 0 Å². The van der Waals surface area contributed by atoms with Gasteiger partial charge in [-0.2, -0.15) is 0 Å². The number of aromatic nitrogens is 1. The highest BCUT2D eigenvalue weighted by Gasteiger charge is 2.32. The number of hydrogen-bond donors (Lipinski definition) is 2. The third-order valence-corrected chi connectivity index (χ3v) is 3.64. The van der Waals surface area contributed by atoms with Crippen molar-refractivity contribution < 1.29 is 9.72 Å². The third kappa shape index (κ3) is 2.60. The summed E-state index contributed by atoms with van der Waals surface area (Å²) in [6.07, 6.45) is 4.11. The number of piperidine rings is 1. The van der Waals surface area contributed by atoms with E-state index in [-0.39, 0.29) is 29.4 Å². The first kappa shape index (κ1) is 13.5. The summed E-state index contributed by atoms with van der Waals surface area (Å²) in [5, 5.41) is 10.6. The first-order valence-corrected chi connectivity index (χ1v) is 6.40. The lowest BCUT2D eigenvalue weighted by Crippen LogP contribution is -2.51. The molecular formula is C12H18N4O3. The van der Waals surface area contributed by atoms with Crippen LogP contribution in [0.1, 0.15) is 36.7 Å². The molecule has 3 N–H and O–H groups in total. The molecule has 7 nitrogen and oxygen atoms in total. The Bertz CT molecular complexity index is 485. The first-order valence-electron chi connectivity index (χ1n) is 6.40. The second-order valence-electron chi connectivity index (χ2n) is 4.91. The zero-order valence-corrected chi connectivity index (χ0v) is 10.8. The summed E-state index contributed by atoms with van der Waals surface area (Å²) in [4.78, 5) is 27.0. The van der Waals surface area contributed by atoms with Crippen molar-refractivity contribution in [3.8, 4) is 0 Å². The second-order valence-corrected chi connectivity index (χ2v) is 4.91. The van der Waals surface area contributed by atoms with Gasteiger partial charge in [0.25, 0.3) is 11.6 Å². The molecule has 1 aliphatic heterocycles. The molecular weight excluding hydrogens is 248 g/mol. The van der Waals surface area contributed by atoms with Crippen LogP contribution in [0.4, 0.5) is 5.69 Å². The lowest BCUT2D eigenvalue weighted by atomic mass is 9.96. The van der Waals surface area contributed by atoms with E-state index in [4.69, 9.17) is 5.73 Å². The highest BCUT2D eigenvalue weighted by Crippen LogP contribution is 2.25. The largest absolute Gasteiger partial charge is 0.351 e. The predicted octanol–water partition coefficient (Wildman–Crippen LogP) is 1.26. The van der Waals surface area contributed by atoms with Gasteiger partial charge in [0.1, 0.15) is 5.69 Å². The Kier molecular flexibility index (Phi) is 3.84. The van der Waals surface area contributed by atoms with Crippen LogP contribution >= 0.6 is 0 Å². The summed E-state index contributed by atoms with van der Waals surface area (Å²) < 4.78 is 0. The van der Waals surface area contributed by atoms with Crippen LogP contribution in [-0.2, 0) is 0 Å². The molecule has 0 spiro atoms. The van der Waals surface area contributed by atoms with Gasteiger partial charge in [-0.3, -0.25) is 14.9 Å². The molecule has 0 aliphatic carbocycles. The smallest absolute Gasteiger partial charge is 0.287 e. The number of carbonyl (C=O) groups excluding carboxylic acids is 1. The van der Waals surface area contributed by atoms with Crippen LogP contribution in [0.3, 0.4) is 0 Å². The van der Waals surface area contributed by atoms with Gasteiger partial charge in [-0.25, -0.2) is 0 Å². The number of hydrogen-bond acceptors (Lipinski definition) is 4. The minimum atomic E-state index is -0.521. The molecule has 2 unspecified atom stereocenters. The van der Waals surface area contributed by atoms with Crippen molar-refractivity contribution >= 4 is 11.6 Å². The number of H-pyrrole nitrogens is 1. The van der Waals surface area contributed by atoms with Crippen molar-refractivity contribution in [2.45, 2.75) is 38.3 Å². The fourth-order valence-corrected chi connectivity index (χ4v) is 2.64. The maximum absolute atomic E-state index is 12.4. The summed E-state index contributed by atoms with van der Waals surface area (Å²) in [5.41, 5.74) is 5.86. The lowest BCUT2D eigenvalue weighted by Gasteiger charge is -2.40. The maximum Gasteiger partial charge on any atom is 0.287 e. The Morgan fingerprint density at radius 1 is 1.63 bits per heavy atom. The second kappa shape index (κ2) is 5.40. The van der Waals surface area contributed by atoms with Crippen LogP contribution < -0.4 is 5.73 Å². The topological polar surface area (TPSA) is 105 Å². The Hall–Kier alpha value is -1.89. The summed E-state index contributed by atoms with van der Waals surface area (Å²) >= 11 is 0. The van der Waals surface area contributed by atoms with E-state index in [0.717, 1.165) is 19.3 Å². The van der Waals surface area contributed by atoms with Crippen LogP contribution in [0, 0.1) is 10.1 Å². The van der Waals surface area contributed by atoms with Gasteiger partial charge in [-0.15, -0.1) is 0 Å². The molecule has 0 radical (unpaired) electrons. The fourth-order valence-electron chi connectivity index (χ4n) is 2.64. The zero-order valence-electron chi connectivity index (χ0n) is 10.8. The average molecular weight is 266 g/mol. The van der Waals surface area contributed by atoms with Gasteiger partial charge in [-0.05, 0) is 26.2 Å². The maximum atomic E-state index is 12.4. The molecule has 0 saturated carbocycles. The highest BCUT2D eigenvalue weighted by molar-refractivity contribution is 5.93. The van der Waals surface area contributed by atoms with E-state index < -0.39 is 4.92 Å². The Balaban J connectivity index is 2.22. The normalized spacial score (nSPS) is 23.4. The molecule has 2 rings (SSSR count). The summed E-state index contributed by atoms with van der Waals surface area (Å²) in [6, 6.07) is 1.40. The van der Waals surface area contributed by atoms with E-state index in [1.54, 1.807) is 4.90 Å². The Morgan fingerprint density at radius 3 is 2.95 bits per heavy atom. The van der Waals surface area contributed by atoms with Crippen LogP contribution in [-0.4, -0.2) is 39.3 Å². The van der Waals surface area contributed by atoms with Crippen LogP contribution in [0.25, 0.3) is 0 Å². The monoisotopic (exact) mass is 266 g/mol. The highest BCUT2D eigenvalue weighted by atomic mass is 16.6. The van der Waals surface area contributed by atoms with E-state index in [9.17, 15) is 14.9 Å². The third-order valence-electron chi connectivity index (χ3n) is 3.64. The van der Waals surface area contributed by atoms with E-state index in [1.165, 1.54) is 12.3 Å². The number of amides is 1. The molecule has 0 bridgehead atoms. The average Bonchev–Trinajstić information content (AvgIpc) is 2.87. The van der Waals surface area contributed by atoms with Gasteiger partial charge in [0.2, 0.25) is 0 Å². The number of nitro groups is 1. The quantitative estimate of drug-likeness (QED) is 0.634. The minimum Gasteiger partial charge on any atom is -0.351 e. The zero-order chi connectivity index (χ0) is 14.0. The number of rotatable bonds is 3. The molecule has 1 amide bonds. The molecule has 19 heavy (non-hydrogen) atoms. The molecule has 2 atom stereocenters. The molecule has 1 saturated heterocycles. The SMILES string of the molecule is CC1CCCC(CN)N1C(=O)c1cc([N+](=O)[O-])c[nH]1. The van der Waals surface area contributed by atoms with Crippen LogP contribution in [0.2, 0.25) is 0 Å². The predicted molar refractivity (Wildman–Crippen MR) is 69.8 cm³/mol. The van der Waals surface area contributed by atoms with Crippen LogP contribution in [0.15, 0.2) is 12.3 Å². The number of nitrogens with one attached hydrogen (secondary N) is 1. The summed E-state index contributed by atoms with van der Waals surface area (Å²) in [5.74, 6) is -0.212. The van der Waals surface area contributed by atoms with E-state index in [1.807, 2.05) is 6.92 Å². The number of carbonyl (C=O) groups is 1. The van der Waals surface area contributed by atoms with Crippen molar-refractivity contribution in [2.24, 2.45) is 5.73 Å². The number of nitrogens with zero attached hydrogens (tertiary/aromatic N) is 2. The first-order chi connectivity index (χ1) is 9.04. The standard InChI is InChI=1S/C12H18N4O3/c1-8-3-2-4-9(6-13)15(8)12(17)11-5-10(7-14-11)16(18)19/h5,7-9,14H,2-4,6,13H2,1H3. The van der Waals surface area contributed by atoms with Gasteiger partial charge in [0, 0.05) is 24.7 Å².